The highest BCUT2D eigenvalue weighted by Gasteiger charge is 2.22. The molecular weight excluding hydrogens is 258 g/mol. The van der Waals surface area contributed by atoms with Crippen molar-refractivity contribution in [3.8, 4) is 0 Å². The normalized spacial score (nSPS) is 11.8. The Balaban J connectivity index is 2.47. The summed E-state index contributed by atoms with van der Waals surface area (Å²) in [6.45, 7) is 4.31. The second-order valence-corrected chi connectivity index (χ2v) is 4.89. The van der Waals surface area contributed by atoms with Crippen LogP contribution in [0.3, 0.4) is 0 Å². The Morgan fingerprint density at radius 1 is 1.40 bits per heavy atom. The third-order valence-corrected chi connectivity index (χ3v) is 2.67. The second-order valence-electron chi connectivity index (χ2n) is 4.89. The van der Waals surface area contributed by atoms with Gasteiger partial charge in [0.2, 0.25) is 0 Å². The third-order valence-electron chi connectivity index (χ3n) is 2.67. The Labute approximate surface area is 118 Å². The van der Waals surface area contributed by atoms with E-state index in [2.05, 4.69) is 20.4 Å². The first kappa shape index (κ1) is 15.9. The largest absolute Gasteiger partial charge is 0.467 e. The highest BCUT2D eigenvalue weighted by Crippen LogP contribution is 2.06. The lowest BCUT2D eigenvalue weighted by Crippen LogP contribution is -2.46. The quantitative estimate of drug-likeness (QED) is 0.773. The molecule has 1 unspecified atom stereocenters. The second kappa shape index (κ2) is 8.14. The van der Waals surface area contributed by atoms with Gasteiger partial charge >= 0.3 is 12.0 Å². The molecule has 1 rings (SSSR count). The fraction of sp³-hybridized carbons (Fsp3) is 0.500. The van der Waals surface area contributed by atoms with E-state index < -0.39 is 18.0 Å². The number of carbonyl (C=O) groups excluding carboxylic acids is 2. The van der Waals surface area contributed by atoms with Gasteiger partial charge in [-0.15, -0.1) is 0 Å². The summed E-state index contributed by atoms with van der Waals surface area (Å²) in [7, 11) is 1.31. The number of rotatable bonds is 6. The summed E-state index contributed by atoms with van der Waals surface area (Å²) >= 11 is 0. The molecule has 1 aromatic rings. The Hall–Kier alpha value is -2.11. The molecule has 0 spiro atoms. The fourth-order valence-electron chi connectivity index (χ4n) is 1.72. The van der Waals surface area contributed by atoms with Crippen LogP contribution in [-0.4, -0.2) is 30.1 Å². The van der Waals surface area contributed by atoms with Crippen LogP contribution in [0.4, 0.5) is 4.79 Å². The van der Waals surface area contributed by atoms with E-state index in [-0.39, 0.29) is 5.92 Å². The summed E-state index contributed by atoms with van der Waals surface area (Å²) in [5.74, 6) is -0.159. The molecule has 0 saturated heterocycles. The predicted molar refractivity (Wildman–Crippen MR) is 74.9 cm³/mol. The first-order chi connectivity index (χ1) is 9.52. The van der Waals surface area contributed by atoms with Crippen LogP contribution in [0.15, 0.2) is 24.5 Å². The standard InChI is InChI=1S/C14H21N3O3/c1-10(2)7-12(13(18)20-3)17-14(19)16-9-11-5-4-6-15-8-11/h4-6,8,10,12H,7,9H2,1-3H3,(H2,16,17,19). The lowest BCUT2D eigenvalue weighted by molar-refractivity contribution is -0.143. The number of aromatic nitrogens is 1. The smallest absolute Gasteiger partial charge is 0.328 e. The van der Waals surface area contributed by atoms with Crippen LogP contribution >= 0.6 is 0 Å². The maximum atomic E-state index is 11.8. The summed E-state index contributed by atoms with van der Waals surface area (Å²) < 4.78 is 4.69. The summed E-state index contributed by atoms with van der Waals surface area (Å²) in [5, 5.41) is 5.31. The van der Waals surface area contributed by atoms with Crippen LogP contribution in [0.5, 0.6) is 0 Å². The van der Waals surface area contributed by atoms with Crippen LogP contribution in [-0.2, 0) is 16.1 Å². The molecule has 2 amide bonds. The predicted octanol–water partition coefficient (Wildman–Crippen LogP) is 1.47. The molecule has 0 bridgehead atoms. The van der Waals surface area contributed by atoms with Crippen molar-refractivity contribution in [3.05, 3.63) is 30.1 Å². The molecular formula is C14H21N3O3. The van der Waals surface area contributed by atoms with Gasteiger partial charge in [-0.2, -0.15) is 0 Å². The maximum absolute atomic E-state index is 11.8. The van der Waals surface area contributed by atoms with E-state index in [9.17, 15) is 9.59 Å². The highest BCUT2D eigenvalue weighted by molar-refractivity contribution is 5.83. The SMILES string of the molecule is COC(=O)C(CC(C)C)NC(=O)NCc1cccnc1. The van der Waals surface area contributed by atoms with Gasteiger partial charge in [0, 0.05) is 18.9 Å². The molecule has 6 nitrogen and oxygen atoms in total. The Kier molecular flexibility index (Phi) is 6.49. The molecule has 0 radical (unpaired) electrons. The summed E-state index contributed by atoms with van der Waals surface area (Å²) in [5.41, 5.74) is 0.890. The Bertz CT molecular complexity index is 435. The topological polar surface area (TPSA) is 80.3 Å². The zero-order valence-electron chi connectivity index (χ0n) is 12.1. The summed E-state index contributed by atoms with van der Waals surface area (Å²) in [6, 6.07) is 2.63. The van der Waals surface area contributed by atoms with Gasteiger partial charge in [-0.25, -0.2) is 9.59 Å². The number of carbonyl (C=O) groups is 2. The lowest BCUT2D eigenvalue weighted by Gasteiger charge is -2.18. The van der Waals surface area contributed by atoms with E-state index in [4.69, 9.17) is 0 Å². The minimum atomic E-state index is -0.631. The number of ether oxygens (including phenoxy) is 1. The minimum Gasteiger partial charge on any atom is -0.467 e. The average molecular weight is 279 g/mol. The number of hydrogen-bond acceptors (Lipinski definition) is 4. The van der Waals surface area contributed by atoms with E-state index in [1.165, 1.54) is 7.11 Å². The first-order valence-corrected chi connectivity index (χ1v) is 6.54. The van der Waals surface area contributed by atoms with Gasteiger partial charge in [0.05, 0.1) is 7.11 Å². The lowest BCUT2D eigenvalue weighted by atomic mass is 10.0. The van der Waals surface area contributed by atoms with E-state index in [1.807, 2.05) is 19.9 Å². The number of nitrogens with zero attached hydrogens (tertiary/aromatic N) is 1. The Morgan fingerprint density at radius 2 is 2.15 bits per heavy atom. The maximum Gasteiger partial charge on any atom is 0.328 e. The van der Waals surface area contributed by atoms with Crippen LogP contribution < -0.4 is 10.6 Å². The molecule has 110 valence electrons. The van der Waals surface area contributed by atoms with Crippen molar-refractivity contribution in [1.82, 2.24) is 15.6 Å². The first-order valence-electron chi connectivity index (χ1n) is 6.54. The number of hydrogen-bond donors (Lipinski definition) is 2. The third kappa shape index (κ3) is 5.69. The molecule has 0 aliphatic heterocycles. The number of amides is 2. The molecule has 1 heterocycles. The molecule has 6 heteroatoms. The van der Waals surface area contributed by atoms with E-state index in [1.54, 1.807) is 18.5 Å². The van der Waals surface area contributed by atoms with Gasteiger partial charge in [-0.05, 0) is 24.0 Å². The van der Waals surface area contributed by atoms with Crippen LogP contribution in [0.1, 0.15) is 25.8 Å². The zero-order valence-corrected chi connectivity index (χ0v) is 12.1. The van der Waals surface area contributed by atoms with Crippen molar-refractivity contribution in [2.75, 3.05) is 7.11 Å². The van der Waals surface area contributed by atoms with E-state index in [0.717, 1.165) is 5.56 Å². The number of pyridine rings is 1. The van der Waals surface area contributed by atoms with Gasteiger partial charge in [0.25, 0.3) is 0 Å². The molecule has 0 aliphatic rings. The van der Waals surface area contributed by atoms with Crippen molar-refractivity contribution in [1.29, 1.82) is 0 Å². The molecule has 0 aromatic carbocycles. The minimum absolute atomic E-state index is 0.276. The number of urea groups is 1. The van der Waals surface area contributed by atoms with Crippen molar-refractivity contribution in [2.45, 2.75) is 32.9 Å². The monoisotopic (exact) mass is 279 g/mol. The molecule has 2 N–H and O–H groups in total. The molecule has 0 aliphatic carbocycles. The van der Waals surface area contributed by atoms with Crippen molar-refractivity contribution < 1.29 is 14.3 Å². The summed E-state index contributed by atoms with van der Waals surface area (Å²) in [6.07, 6.45) is 3.87. The van der Waals surface area contributed by atoms with E-state index in [0.29, 0.717) is 13.0 Å². The number of nitrogens with one attached hydrogen (secondary N) is 2. The van der Waals surface area contributed by atoms with Gasteiger partial charge in [0.1, 0.15) is 6.04 Å². The zero-order chi connectivity index (χ0) is 15.0. The molecule has 0 saturated carbocycles. The van der Waals surface area contributed by atoms with Gasteiger partial charge in [0.15, 0.2) is 0 Å². The summed E-state index contributed by atoms with van der Waals surface area (Å²) in [4.78, 5) is 27.3. The van der Waals surface area contributed by atoms with Gasteiger partial charge < -0.3 is 15.4 Å². The van der Waals surface area contributed by atoms with Crippen LogP contribution in [0, 0.1) is 5.92 Å². The van der Waals surface area contributed by atoms with Gasteiger partial charge in [-0.3, -0.25) is 4.98 Å². The van der Waals surface area contributed by atoms with Crippen molar-refractivity contribution in [2.24, 2.45) is 5.92 Å². The molecule has 1 atom stereocenters. The van der Waals surface area contributed by atoms with Crippen molar-refractivity contribution in [3.63, 3.8) is 0 Å². The Morgan fingerprint density at radius 3 is 2.70 bits per heavy atom. The molecule has 0 fully saturated rings. The molecule has 20 heavy (non-hydrogen) atoms. The van der Waals surface area contributed by atoms with Crippen LogP contribution in [0.2, 0.25) is 0 Å². The fourth-order valence-corrected chi connectivity index (χ4v) is 1.72. The van der Waals surface area contributed by atoms with E-state index >= 15 is 0 Å². The molecule has 1 aromatic heterocycles. The highest BCUT2D eigenvalue weighted by atomic mass is 16.5. The number of esters is 1. The number of methoxy groups -OCH3 is 1. The van der Waals surface area contributed by atoms with Crippen molar-refractivity contribution >= 4 is 12.0 Å². The van der Waals surface area contributed by atoms with Crippen LogP contribution in [0.25, 0.3) is 0 Å². The van der Waals surface area contributed by atoms with Gasteiger partial charge in [-0.1, -0.05) is 19.9 Å². The average Bonchev–Trinajstić information content (AvgIpc) is 2.44.